The van der Waals surface area contributed by atoms with Crippen molar-refractivity contribution in [3.63, 3.8) is 0 Å². The molecule has 0 aromatic heterocycles. The molecular formula is C25H51NO5. The first kappa shape index (κ1) is 28.8. The molecule has 0 radical (unpaired) electrons. The van der Waals surface area contributed by atoms with Crippen LogP contribution < -0.4 is 5.32 Å². The SMILES string of the molecule is CCCCCCCCCCCCCCCCCCN[C@@H]1[C@@H](OC)O[C@H](CO)[C@@H](O)[C@@H]1O. The summed E-state index contributed by atoms with van der Waals surface area (Å²) in [6.45, 7) is 2.68. The van der Waals surface area contributed by atoms with E-state index in [1.54, 1.807) is 0 Å². The minimum absolute atomic E-state index is 0.343. The summed E-state index contributed by atoms with van der Waals surface area (Å²) in [7, 11) is 1.51. The van der Waals surface area contributed by atoms with E-state index < -0.39 is 30.6 Å². The maximum absolute atomic E-state index is 10.3. The molecule has 0 aromatic rings. The van der Waals surface area contributed by atoms with Gasteiger partial charge in [-0.15, -0.1) is 0 Å². The number of nitrogens with one attached hydrogen (secondary N) is 1. The normalized spacial score (nSPS) is 26.4. The van der Waals surface area contributed by atoms with Gasteiger partial charge in [0.15, 0.2) is 6.29 Å². The van der Waals surface area contributed by atoms with Crippen molar-refractivity contribution in [3.05, 3.63) is 0 Å². The van der Waals surface area contributed by atoms with Gasteiger partial charge in [0.25, 0.3) is 0 Å². The van der Waals surface area contributed by atoms with Gasteiger partial charge in [0.05, 0.1) is 12.6 Å². The summed E-state index contributed by atoms with van der Waals surface area (Å²) in [6, 6.07) is -0.487. The van der Waals surface area contributed by atoms with Crippen molar-refractivity contribution in [1.29, 1.82) is 0 Å². The molecule has 0 aliphatic carbocycles. The number of rotatable bonds is 20. The Bertz CT molecular complexity index is 396. The highest BCUT2D eigenvalue weighted by molar-refractivity contribution is 4.93. The number of hydrogen-bond acceptors (Lipinski definition) is 6. The maximum atomic E-state index is 10.3. The number of aliphatic hydroxyl groups excluding tert-OH is 3. The van der Waals surface area contributed by atoms with Crippen LogP contribution >= 0.6 is 0 Å². The summed E-state index contributed by atoms with van der Waals surface area (Å²) in [6.07, 6.45) is 17.9. The lowest BCUT2D eigenvalue weighted by Crippen LogP contribution is -2.63. The molecule has 1 rings (SSSR count). The predicted octanol–water partition coefficient (Wildman–Crippen LogP) is 4.29. The van der Waals surface area contributed by atoms with Crippen LogP contribution in [0.15, 0.2) is 0 Å². The third kappa shape index (κ3) is 12.5. The van der Waals surface area contributed by atoms with E-state index in [1.165, 1.54) is 97.0 Å². The third-order valence-electron chi connectivity index (χ3n) is 6.52. The second-order valence-electron chi connectivity index (χ2n) is 9.23. The lowest BCUT2D eigenvalue weighted by molar-refractivity contribution is -0.263. The summed E-state index contributed by atoms with van der Waals surface area (Å²) < 4.78 is 10.8. The molecule has 1 heterocycles. The van der Waals surface area contributed by atoms with Crippen LogP contribution in [0, 0.1) is 0 Å². The number of ether oxygens (including phenoxy) is 2. The molecule has 5 atom stereocenters. The van der Waals surface area contributed by atoms with E-state index in [4.69, 9.17) is 9.47 Å². The monoisotopic (exact) mass is 445 g/mol. The van der Waals surface area contributed by atoms with E-state index in [9.17, 15) is 15.3 Å². The highest BCUT2D eigenvalue weighted by atomic mass is 16.7. The quantitative estimate of drug-likeness (QED) is 0.209. The highest BCUT2D eigenvalue weighted by Gasteiger charge is 2.44. The Morgan fingerprint density at radius 3 is 1.58 bits per heavy atom. The Hall–Kier alpha value is -0.240. The van der Waals surface area contributed by atoms with E-state index in [1.807, 2.05) is 0 Å². The first-order valence-electron chi connectivity index (χ1n) is 13.0. The van der Waals surface area contributed by atoms with Gasteiger partial charge in [-0.2, -0.15) is 0 Å². The Kier molecular flexibility index (Phi) is 17.9. The topological polar surface area (TPSA) is 91.2 Å². The Morgan fingerprint density at radius 1 is 0.710 bits per heavy atom. The van der Waals surface area contributed by atoms with Gasteiger partial charge in [-0.25, -0.2) is 0 Å². The average Bonchev–Trinajstić information content (AvgIpc) is 2.78. The smallest absolute Gasteiger partial charge is 0.175 e. The largest absolute Gasteiger partial charge is 0.394 e. The molecule has 31 heavy (non-hydrogen) atoms. The Balaban J connectivity index is 1.91. The van der Waals surface area contributed by atoms with E-state index in [2.05, 4.69) is 12.2 Å². The van der Waals surface area contributed by atoms with E-state index in [0.29, 0.717) is 0 Å². The van der Waals surface area contributed by atoms with Crippen LogP contribution in [0.2, 0.25) is 0 Å². The van der Waals surface area contributed by atoms with Crippen molar-refractivity contribution in [1.82, 2.24) is 5.32 Å². The number of hydrogen-bond donors (Lipinski definition) is 4. The molecule has 1 fully saturated rings. The van der Waals surface area contributed by atoms with E-state index >= 15 is 0 Å². The first-order valence-corrected chi connectivity index (χ1v) is 13.0. The summed E-state index contributed by atoms with van der Waals surface area (Å²) in [5, 5.41) is 32.8. The van der Waals surface area contributed by atoms with Gasteiger partial charge in [0, 0.05) is 7.11 Å². The third-order valence-corrected chi connectivity index (χ3v) is 6.52. The lowest BCUT2D eigenvalue weighted by atomic mass is 9.97. The fourth-order valence-corrected chi connectivity index (χ4v) is 4.44. The molecule has 4 N–H and O–H groups in total. The number of aliphatic hydroxyl groups is 3. The summed E-state index contributed by atoms with van der Waals surface area (Å²) in [4.78, 5) is 0. The van der Waals surface area contributed by atoms with Crippen molar-refractivity contribution in [2.75, 3.05) is 20.3 Å². The number of methoxy groups -OCH3 is 1. The van der Waals surface area contributed by atoms with Crippen LogP contribution in [0.1, 0.15) is 110 Å². The lowest BCUT2D eigenvalue weighted by Gasteiger charge is -2.42. The molecule has 0 saturated carbocycles. The first-order chi connectivity index (χ1) is 15.2. The zero-order valence-electron chi connectivity index (χ0n) is 20.3. The van der Waals surface area contributed by atoms with Crippen LogP contribution in [-0.4, -0.2) is 66.2 Å². The van der Waals surface area contributed by atoms with Gasteiger partial charge in [0.1, 0.15) is 18.3 Å². The minimum Gasteiger partial charge on any atom is -0.394 e. The molecule has 1 aliphatic heterocycles. The van der Waals surface area contributed by atoms with Crippen LogP contribution in [0.25, 0.3) is 0 Å². The molecule has 1 aliphatic rings. The van der Waals surface area contributed by atoms with Gasteiger partial charge >= 0.3 is 0 Å². The molecule has 6 nitrogen and oxygen atoms in total. The standard InChI is InChI=1S/C25H51NO5/c1-3-4-5-6-7-8-9-10-11-12-13-14-15-16-17-18-19-26-22-24(29)23(28)21(20-27)31-25(22)30-2/h21-29H,3-20H2,1-2H3/t21-,22+,23-,24-,25+/m1/s1. The summed E-state index contributed by atoms with van der Waals surface area (Å²) >= 11 is 0. The molecule has 6 heteroatoms. The molecule has 0 unspecified atom stereocenters. The Labute approximate surface area is 191 Å². The van der Waals surface area contributed by atoms with Crippen LogP contribution in [0.3, 0.4) is 0 Å². The van der Waals surface area contributed by atoms with Crippen molar-refractivity contribution in [2.24, 2.45) is 0 Å². The second kappa shape index (κ2) is 19.2. The fraction of sp³-hybridized carbons (Fsp3) is 1.00. The fourth-order valence-electron chi connectivity index (χ4n) is 4.44. The molecule has 0 aromatic carbocycles. The van der Waals surface area contributed by atoms with E-state index in [-0.39, 0.29) is 6.61 Å². The summed E-state index contributed by atoms with van der Waals surface area (Å²) in [5.41, 5.74) is 0. The van der Waals surface area contributed by atoms with Crippen molar-refractivity contribution in [2.45, 2.75) is 140 Å². The van der Waals surface area contributed by atoms with Crippen LogP contribution in [0.5, 0.6) is 0 Å². The highest BCUT2D eigenvalue weighted by Crippen LogP contribution is 2.22. The second-order valence-corrected chi connectivity index (χ2v) is 9.23. The Morgan fingerprint density at radius 2 is 1.16 bits per heavy atom. The zero-order valence-corrected chi connectivity index (χ0v) is 20.3. The molecule has 0 amide bonds. The van der Waals surface area contributed by atoms with Gasteiger partial charge in [0.2, 0.25) is 0 Å². The van der Waals surface area contributed by atoms with Crippen LogP contribution in [0.4, 0.5) is 0 Å². The maximum Gasteiger partial charge on any atom is 0.175 e. The summed E-state index contributed by atoms with van der Waals surface area (Å²) in [5.74, 6) is 0. The van der Waals surface area contributed by atoms with Crippen molar-refractivity contribution < 1.29 is 24.8 Å². The molecule has 1 saturated heterocycles. The van der Waals surface area contributed by atoms with Gasteiger partial charge in [-0.3, -0.25) is 0 Å². The molecule has 0 bridgehead atoms. The zero-order chi connectivity index (χ0) is 22.7. The molecular weight excluding hydrogens is 394 g/mol. The molecule has 186 valence electrons. The van der Waals surface area contributed by atoms with Gasteiger partial charge in [-0.1, -0.05) is 103 Å². The van der Waals surface area contributed by atoms with E-state index in [0.717, 1.165) is 19.4 Å². The molecule has 0 spiro atoms. The average molecular weight is 446 g/mol. The predicted molar refractivity (Wildman–Crippen MR) is 126 cm³/mol. The van der Waals surface area contributed by atoms with Crippen molar-refractivity contribution in [3.8, 4) is 0 Å². The van der Waals surface area contributed by atoms with Gasteiger partial charge in [-0.05, 0) is 13.0 Å². The van der Waals surface area contributed by atoms with Crippen LogP contribution in [-0.2, 0) is 9.47 Å². The van der Waals surface area contributed by atoms with Gasteiger partial charge < -0.3 is 30.1 Å². The minimum atomic E-state index is -1.11. The van der Waals surface area contributed by atoms with Crippen molar-refractivity contribution >= 4 is 0 Å². The number of unbranched alkanes of at least 4 members (excludes halogenated alkanes) is 15.